The van der Waals surface area contributed by atoms with E-state index in [1.54, 1.807) is 0 Å². The molecule has 0 aromatic carbocycles. The fourth-order valence-corrected chi connectivity index (χ4v) is 0. The van der Waals surface area contributed by atoms with Crippen LogP contribution in [0, 0.1) is 6.92 Å². The normalized spacial score (nSPS) is 4.80. The third-order valence-corrected chi connectivity index (χ3v) is 0. The minimum atomic E-state index is 0. The van der Waals surface area contributed by atoms with Crippen LogP contribution in [0.4, 0.5) is 0 Å². The Labute approximate surface area is 47.4 Å². The molecule has 0 rings (SSSR count). The molecule has 0 bridgehead atoms. The van der Waals surface area contributed by atoms with Crippen LogP contribution in [0.1, 0.15) is 0 Å². The summed E-state index contributed by atoms with van der Waals surface area (Å²) < 4.78 is 0. The maximum absolute atomic E-state index is 4.73. The Balaban J connectivity index is 0. The van der Waals surface area contributed by atoms with Crippen molar-refractivity contribution in [3.63, 3.8) is 0 Å². The summed E-state index contributed by atoms with van der Waals surface area (Å²) in [6.07, 6.45) is 0. The zero-order valence-corrected chi connectivity index (χ0v) is 4.25. The van der Waals surface area contributed by atoms with Gasteiger partial charge in [0.25, 0.3) is 0 Å². The van der Waals surface area contributed by atoms with Gasteiger partial charge >= 0.3 is 17.1 Å². The van der Waals surface area contributed by atoms with Crippen molar-refractivity contribution in [3.05, 3.63) is 6.92 Å². The van der Waals surface area contributed by atoms with Gasteiger partial charge in [-0.15, -0.1) is 12.2 Å². The Morgan fingerprint density at radius 3 is 1.80 bits per heavy atom. The number of hydrogen-bond donors (Lipinski definition) is 1. The molecular weight excluding hydrogens is 134 g/mol. The van der Waals surface area contributed by atoms with Crippen molar-refractivity contribution < 1.29 is 17.1 Å². The van der Waals surface area contributed by atoms with Gasteiger partial charge in [-0.1, -0.05) is 4.99 Å². The molecule has 0 aliphatic carbocycles. The largest absolute Gasteiger partial charge is 1.00 e. The average molecular weight is 138 g/mol. The molecule has 0 aliphatic heterocycles. The van der Waals surface area contributed by atoms with Crippen LogP contribution in [-0.2, 0) is 17.1 Å². The van der Waals surface area contributed by atoms with Crippen molar-refractivity contribution in [2.75, 3.05) is 0 Å². The molecule has 0 aromatic heterocycles. The number of nitrogens with two attached hydrogens (primary N) is 1. The summed E-state index contributed by atoms with van der Waals surface area (Å²) in [5.41, 5.74) is 4.73. The van der Waals surface area contributed by atoms with E-state index in [-0.39, 0.29) is 22.1 Å². The van der Waals surface area contributed by atoms with Crippen molar-refractivity contribution >= 4 is 17.2 Å². The van der Waals surface area contributed by atoms with Crippen LogP contribution in [-0.4, -0.2) is 4.99 Å². The van der Waals surface area contributed by atoms with E-state index in [1.165, 1.54) is 0 Å². The zero-order chi connectivity index (χ0) is 3.58. The first-order valence-corrected chi connectivity index (χ1v) is 1.25. The molecule has 0 saturated carbocycles. The second-order valence-electron chi connectivity index (χ2n) is 0.466. The predicted octanol–water partition coefficient (Wildman–Crippen LogP) is 0.104. The maximum atomic E-state index is 4.73. The molecule has 0 spiro atoms. The van der Waals surface area contributed by atoms with Crippen molar-refractivity contribution in [2.45, 2.75) is 0 Å². The fourth-order valence-electron chi connectivity index (χ4n) is 0. The third-order valence-electron chi connectivity index (χ3n) is 0. The Morgan fingerprint density at radius 1 is 1.80 bits per heavy atom. The van der Waals surface area contributed by atoms with Crippen LogP contribution >= 0.6 is 12.2 Å². The standard InChI is InChI=1S/C2H4NS.Cu/c1-2(3)4;/h1H2,(H2,3,4);/q-1;+1. The first-order valence-electron chi connectivity index (χ1n) is 0.846. The van der Waals surface area contributed by atoms with E-state index in [9.17, 15) is 0 Å². The predicted molar refractivity (Wildman–Crippen MR) is 22.1 cm³/mol. The quantitative estimate of drug-likeness (QED) is 0.291. The Bertz CT molecular complexity index is 32.6. The molecule has 0 radical (unpaired) electrons. The van der Waals surface area contributed by atoms with E-state index < -0.39 is 0 Å². The smallest absolute Gasteiger partial charge is 0.418 e. The topological polar surface area (TPSA) is 26.0 Å². The molecule has 0 fully saturated rings. The monoisotopic (exact) mass is 137 g/mol. The minimum absolute atomic E-state index is 0. The Kier molecular flexibility index (Phi) is 7.69. The number of rotatable bonds is 0. The van der Waals surface area contributed by atoms with Crippen LogP contribution < -0.4 is 5.73 Å². The fraction of sp³-hybridized carbons (Fsp3) is 0. The summed E-state index contributed by atoms with van der Waals surface area (Å²) in [5, 5.41) is 0. The van der Waals surface area contributed by atoms with Crippen molar-refractivity contribution in [2.24, 2.45) is 5.73 Å². The molecule has 0 aliphatic rings. The van der Waals surface area contributed by atoms with Gasteiger partial charge in [0.05, 0.1) is 0 Å². The molecule has 5 heavy (non-hydrogen) atoms. The molecule has 0 unspecified atom stereocenters. The van der Waals surface area contributed by atoms with Crippen molar-refractivity contribution in [1.82, 2.24) is 0 Å². The first kappa shape index (κ1) is 8.99. The van der Waals surface area contributed by atoms with Crippen LogP contribution in [0.25, 0.3) is 0 Å². The average Bonchev–Trinajstić information content (AvgIpc) is 0.811. The molecule has 0 amide bonds. The maximum Gasteiger partial charge on any atom is 1.00 e. The van der Waals surface area contributed by atoms with Gasteiger partial charge in [-0.05, 0) is 0 Å². The first-order chi connectivity index (χ1) is 1.73. The minimum Gasteiger partial charge on any atom is -0.418 e. The summed E-state index contributed by atoms with van der Waals surface area (Å²) >= 11 is 4.20. The summed E-state index contributed by atoms with van der Waals surface area (Å²) in [5.74, 6) is 0. The number of hydrogen-bond acceptors (Lipinski definition) is 1. The second kappa shape index (κ2) is 4.28. The van der Waals surface area contributed by atoms with Gasteiger partial charge < -0.3 is 12.7 Å². The molecule has 0 saturated heterocycles. The van der Waals surface area contributed by atoms with E-state index in [0.717, 1.165) is 0 Å². The SMILES string of the molecule is [CH2-]C(N)=S.[Cu+]. The van der Waals surface area contributed by atoms with Gasteiger partial charge in [0, 0.05) is 0 Å². The van der Waals surface area contributed by atoms with Gasteiger partial charge in [-0.2, -0.15) is 0 Å². The molecule has 0 atom stereocenters. The van der Waals surface area contributed by atoms with Gasteiger partial charge in [0.2, 0.25) is 0 Å². The Morgan fingerprint density at radius 2 is 1.80 bits per heavy atom. The molecule has 2 N–H and O–H groups in total. The Hall–Kier alpha value is 0.279. The summed E-state index contributed by atoms with van der Waals surface area (Å²) in [4.78, 5) is 0.250. The summed E-state index contributed by atoms with van der Waals surface area (Å²) in [6, 6.07) is 0. The molecule has 34 valence electrons. The van der Waals surface area contributed by atoms with Crippen molar-refractivity contribution in [3.8, 4) is 0 Å². The van der Waals surface area contributed by atoms with E-state index in [4.69, 9.17) is 5.73 Å². The van der Waals surface area contributed by atoms with E-state index in [0.29, 0.717) is 0 Å². The van der Waals surface area contributed by atoms with E-state index in [1.807, 2.05) is 0 Å². The van der Waals surface area contributed by atoms with E-state index in [2.05, 4.69) is 19.1 Å². The van der Waals surface area contributed by atoms with Crippen LogP contribution in [0.5, 0.6) is 0 Å². The zero-order valence-electron chi connectivity index (χ0n) is 2.49. The molecule has 3 heteroatoms. The van der Waals surface area contributed by atoms with Gasteiger partial charge in [0.15, 0.2) is 0 Å². The molecule has 0 aromatic rings. The van der Waals surface area contributed by atoms with Gasteiger partial charge in [-0.3, -0.25) is 0 Å². The number of thiocarbonyl (C=S) groups is 1. The van der Waals surface area contributed by atoms with Crippen molar-refractivity contribution in [1.29, 1.82) is 0 Å². The van der Waals surface area contributed by atoms with Crippen LogP contribution in [0.2, 0.25) is 0 Å². The van der Waals surface area contributed by atoms with E-state index >= 15 is 0 Å². The van der Waals surface area contributed by atoms with Crippen LogP contribution in [0.15, 0.2) is 0 Å². The van der Waals surface area contributed by atoms with Crippen LogP contribution in [0.3, 0.4) is 0 Å². The van der Waals surface area contributed by atoms with Gasteiger partial charge in [0.1, 0.15) is 0 Å². The third kappa shape index (κ3) is 285. The summed E-state index contributed by atoms with van der Waals surface area (Å²) in [7, 11) is 0. The molecular formula is C2H4CuNS. The second-order valence-corrected chi connectivity index (χ2v) is 0.991. The summed E-state index contributed by atoms with van der Waals surface area (Å²) in [6.45, 7) is 3.15. The van der Waals surface area contributed by atoms with Gasteiger partial charge in [-0.25, -0.2) is 0 Å². The molecule has 0 heterocycles. The molecule has 1 nitrogen and oxygen atoms in total.